The average Bonchev–Trinajstić information content (AvgIpc) is 1.80. The van der Waals surface area contributed by atoms with Crippen LogP contribution in [0.4, 0.5) is 0 Å². The minimum absolute atomic E-state index is 0. The van der Waals surface area contributed by atoms with Crippen molar-refractivity contribution in [1.82, 2.24) is 5.32 Å². The molecular formula is C5H8BrNO3. The Morgan fingerprint density at radius 2 is 2.10 bits per heavy atom. The topological polar surface area (TPSA) is 77.7 Å². The number of alkyl halides is 1. The molecule has 1 rings (SSSR count). The lowest BCUT2D eigenvalue weighted by Gasteiger charge is -2.14. The molecule has 1 fully saturated rings. The fourth-order valence-corrected chi connectivity index (χ4v) is 1.01. The van der Waals surface area contributed by atoms with Crippen molar-refractivity contribution in [3.63, 3.8) is 0 Å². The lowest BCUT2D eigenvalue weighted by atomic mass is 10.1. The molecule has 1 aliphatic heterocycles. The van der Waals surface area contributed by atoms with Gasteiger partial charge >= 0.3 is 0 Å². The first-order valence-corrected chi connectivity index (χ1v) is 3.59. The standard InChI is InChI=1S/C5H6BrNO2.H2O/c6-3-1-2-4(8)7-5(3)9;/h3H,1-2H2,(H,7,8,9);1H2. The summed E-state index contributed by atoms with van der Waals surface area (Å²) in [5, 5.41) is 2.20. The first-order chi connectivity index (χ1) is 4.20. The predicted molar refractivity (Wildman–Crippen MR) is 38.7 cm³/mol. The van der Waals surface area contributed by atoms with Gasteiger partial charge in [0.1, 0.15) is 0 Å². The summed E-state index contributed by atoms with van der Waals surface area (Å²) in [6, 6.07) is 0. The fourth-order valence-electron chi connectivity index (χ4n) is 0.667. The molecule has 1 aliphatic rings. The Hall–Kier alpha value is -0.420. The van der Waals surface area contributed by atoms with Crippen LogP contribution in [0.1, 0.15) is 12.8 Å². The zero-order valence-corrected chi connectivity index (χ0v) is 6.77. The maximum Gasteiger partial charge on any atom is 0.240 e. The van der Waals surface area contributed by atoms with Crippen molar-refractivity contribution in [2.45, 2.75) is 17.7 Å². The molecule has 0 spiro atoms. The molecule has 3 N–H and O–H groups in total. The van der Waals surface area contributed by atoms with Crippen molar-refractivity contribution >= 4 is 27.7 Å². The van der Waals surface area contributed by atoms with E-state index >= 15 is 0 Å². The van der Waals surface area contributed by atoms with Crippen molar-refractivity contribution in [2.24, 2.45) is 0 Å². The Balaban J connectivity index is 0.000000810. The highest BCUT2D eigenvalue weighted by molar-refractivity contribution is 9.10. The van der Waals surface area contributed by atoms with E-state index in [1.807, 2.05) is 0 Å². The summed E-state index contributed by atoms with van der Waals surface area (Å²) in [6.45, 7) is 0. The highest BCUT2D eigenvalue weighted by Gasteiger charge is 2.23. The quantitative estimate of drug-likeness (QED) is 0.426. The number of amides is 2. The fraction of sp³-hybridized carbons (Fsp3) is 0.600. The van der Waals surface area contributed by atoms with Crippen molar-refractivity contribution < 1.29 is 15.1 Å². The van der Waals surface area contributed by atoms with Gasteiger partial charge in [0.2, 0.25) is 11.8 Å². The van der Waals surface area contributed by atoms with E-state index in [0.717, 1.165) is 0 Å². The number of carbonyl (C=O) groups is 2. The monoisotopic (exact) mass is 209 g/mol. The first-order valence-electron chi connectivity index (χ1n) is 2.68. The number of hydrogen-bond donors (Lipinski definition) is 1. The van der Waals surface area contributed by atoms with E-state index < -0.39 is 0 Å². The first kappa shape index (κ1) is 9.58. The molecule has 2 amide bonds. The van der Waals surface area contributed by atoms with E-state index in [9.17, 15) is 9.59 Å². The van der Waals surface area contributed by atoms with Crippen molar-refractivity contribution in [1.29, 1.82) is 0 Å². The highest BCUT2D eigenvalue weighted by atomic mass is 79.9. The van der Waals surface area contributed by atoms with Crippen molar-refractivity contribution in [3.05, 3.63) is 0 Å². The van der Waals surface area contributed by atoms with Crippen LogP contribution in [-0.4, -0.2) is 22.1 Å². The van der Waals surface area contributed by atoms with Crippen LogP contribution in [0.5, 0.6) is 0 Å². The normalized spacial score (nSPS) is 25.1. The molecule has 5 heteroatoms. The number of imide groups is 1. The molecule has 0 aromatic carbocycles. The number of carbonyl (C=O) groups excluding carboxylic acids is 2. The maximum absolute atomic E-state index is 10.6. The molecule has 10 heavy (non-hydrogen) atoms. The summed E-state index contributed by atoms with van der Waals surface area (Å²) in [5.74, 6) is -0.387. The van der Waals surface area contributed by atoms with Gasteiger partial charge in [-0.1, -0.05) is 15.9 Å². The number of halogens is 1. The third kappa shape index (κ3) is 2.07. The van der Waals surface area contributed by atoms with Gasteiger partial charge < -0.3 is 5.48 Å². The van der Waals surface area contributed by atoms with Gasteiger partial charge in [0.25, 0.3) is 0 Å². The molecule has 0 aliphatic carbocycles. The molecule has 0 radical (unpaired) electrons. The molecule has 1 atom stereocenters. The van der Waals surface area contributed by atoms with E-state index in [2.05, 4.69) is 21.2 Å². The third-order valence-electron chi connectivity index (χ3n) is 1.17. The van der Waals surface area contributed by atoms with E-state index in [-0.39, 0.29) is 22.1 Å². The zero-order chi connectivity index (χ0) is 6.85. The Bertz CT molecular complexity index is 159. The van der Waals surface area contributed by atoms with Crippen molar-refractivity contribution in [3.8, 4) is 0 Å². The lowest BCUT2D eigenvalue weighted by molar-refractivity contribution is -0.132. The number of piperidine rings is 1. The second kappa shape index (κ2) is 3.68. The summed E-state index contributed by atoms with van der Waals surface area (Å²) in [6.07, 6.45) is 1.06. The van der Waals surface area contributed by atoms with Gasteiger partial charge in [-0.15, -0.1) is 0 Å². The summed E-state index contributed by atoms with van der Waals surface area (Å²) in [5.41, 5.74) is 0. The molecule has 1 heterocycles. The second-order valence-electron chi connectivity index (χ2n) is 1.92. The molecule has 58 valence electrons. The highest BCUT2D eigenvalue weighted by Crippen LogP contribution is 2.11. The van der Waals surface area contributed by atoms with Gasteiger partial charge in [0, 0.05) is 6.42 Å². The van der Waals surface area contributed by atoms with Gasteiger partial charge in [0.15, 0.2) is 0 Å². The molecule has 0 bridgehead atoms. The minimum Gasteiger partial charge on any atom is -0.412 e. The van der Waals surface area contributed by atoms with Crippen LogP contribution in [0.15, 0.2) is 0 Å². The van der Waals surface area contributed by atoms with E-state index in [4.69, 9.17) is 0 Å². The number of rotatable bonds is 0. The van der Waals surface area contributed by atoms with Gasteiger partial charge in [-0.3, -0.25) is 14.9 Å². The summed E-state index contributed by atoms with van der Waals surface area (Å²) in [4.78, 5) is 20.9. The summed E-state index contributed by atoms with van der Waals surface area (Å²) >= 11 is 3.12. The third-order valence-corrected chi connectivity index (χ3v) is 2.05. The molecule has 0 aromatic heterocycles. The van der Waals surface area contributed by atoms with Gasteiger partial charge in [0.05, 0.1) is 4.83 Å². The molecular weight excluding hydrogens is 202 g/mol. The summed E-state index contributed by atoms with van der Waals surface area (Å²) < 4.78 is 0. The van der Waals surface area contributed by atoms with Gasteiger partial charge in [-0.2, -0.15) is 0 Å². The van der Waals surface area contributed by atoms with Crippen LogP contribution in [0.2, 0.25) is 0 Å². The maximum atomic E-state index is 10.6. The van der Waals surface area contributed by atoms with Gasteiger partial charge in [-0.05, 0) is 6.42 Å². The second-order valence-corrected chi connectivity index (χ2v) is 3.02. The van der Waals surface area contributed by atoms with Crippen LogP contribution >= 0.6 is 15.9 Å². The van der Waals surface area contributed by atoms with Crippen LogP contribution in [0.3, 0.4) is 0 Å². The van der Waals surface area contributed by atoms with Crippen LogP contribution in [0, 0.1) is 0 Å². The molecule has 0 aromatic rings. The molecule has 1 unspecified atom stereocenters. The Labute approximate surface area is 66.4 Å². The molecule has 1 saturated heterocycles. The van der Waals surface area contributed by atoms with Gasteiger partial charge in [-0.25, -0.2) is 0 Å². The summed E-state index contributed by atoms with van der Waals surface area (Å²) in [7, 11) is 0. The lowest BCUT2D eigenvalue weighted by Crippen LogP contribution is -2.41. The molecule has 4 nitrogen and oxygen atoms in total. The SMILES string of the molecule is O.O=C1CCC(Br)C(=O)N1. The largest absolute Gasteiger partial charge is 0.412 e. The van der Waals surface area contributed by atoms with E-state index in [0.29, 0.717) is 12.8 Å². The molecule has 0 saturated carbocycles. The Morgan fingerprint density at radius 1 is 1.50 bits per heavy atom. The van der Waals surface area contributed by atoms with Crippen LogP contribution in [0.25, 0.3) is 0 Å². The smallest absolute Gasteiger partial charge is 0.240 e. The average molecular weight is 210 g/mol. The number of hydrogen-bond acceptors (Lipinski definition) is 2. The zero-order valence-electron chi connectivity index (χ0n) is 5.19. The predicted octanol–water partition coefficient (Wildman–Crippen LogP) is -0.638. The number of nitrogens with one attached hydrogen (secondary N) is 1. The Kier molecular flexibility index (Phi) is 3.52. The van der Waals surface area contributed by atoms with Crippen LogP contribution < -0.4 is 5.32 Å². The Morgan fingerprint density at radius 3 is 2.50 bits per heavy atom. The van der Waals surface area contributed by atoms with Crippen LogP contribution in [-0.2, 0) is 9.59 Å². The van der Waals surface area contributed by atoms with E-state index in [1.54, 1.807) is 0 Å². The minimum atomic E-state index is -0.216. The van der Waals surface area contributed by atoms with Crippen molar-refractivity contribution in [2.75, 3.05) is 0 Å². The van der Waals surface area contributed by atoms with E-state index in [1.165, 1.54) is 0 Å².